The molecule has 0 unspecified atom stereocenters. The number of ether oxygens (including phenoxy) is 2. The molecule has 0 heterocycles. The Kier molecular flexibility index (Phi) is 6.67. The van der Waals surface area contributed by atoms with E-state index in [1.54, 1.807) is 24.3 Å². The van der Waals surface area contributed by atoms with Crippen LogP contribution in [-0.4, -0.2) is 43.0 Å². The fraction of sp³-hybridized carbons (Fsp3) is 0.250. The molecule has 7 heteroatoms. The van der Waals surface area contributed by atoms with E-state index in [2.05, 4.69) is 9.47 Å². The van der Waals surface area contributed by atoms with E-state index in [4.69, 9.17) is 5.11 Å². The fourth-order valence-electron chi connectivity index (χ4n) is 1.73. The van der Waals surface area contributed by atoms with Gasteiger partial charge in [0, 0.05) is 6.42 Å². The van der Waals surface area contributed by atoms with Crippen LogP contribution < -0.4 is 0 Å². The molecule has 7 nitrogen and oxygen atoms in total. The molecule has 0 spiro atoms. The quantitative estimate of drug-likeness (QED) is 0.262. The number of benzene rings is 1. The molecule has 23 heavy (non-hydrogen) atoms. The molecule has 0 saturated heterocycles. The Bertz CT molecular complexity index is 641. The summed E-state index contributed by atoms with van der Waals surface area (Å²) in [5.41, 5.74) is 0.836. The highest BCUT2D eigenvalue weighted by molar-refractivity contribution is 6.47. The fourth-order valence-corrected chi connectivity index (χ4v) is 1.73. The molecule has 1 aromatic rings. The van der Waals surface area contributed by atoms with Gasteiger partial charge in [0.2, 0.25) is 0 Å². The van der Waals surface area contributed by atoms with Crippen LogP contribution in [0.3, 0.4) is 0 Å². The van der Waals surface area contributed by atoms with Crippen molar-refractivity contribution in [2.75, 3.05) is 14.2 Å². The van der Waals surface area contributed by atoms with Gasteiger partial charge < -0.3 is 14.6 Å². The number of carboxylic acids is 1. The molecule has 0 aromatic heterocycles. The van der Waals surface area contributed by atoms with Crippen LogP contribution >= 0.6 is 0 Å². The molecule has 0 atom stereocenters. The van der Waals surface area contributed by atoms with Gasteiger partial charge in [0.1, 0.15) is 5.57 Å². The third-order valence-electron chi connectivity index (χ3n) is 2.94. The average molecular weight is 320 g/mol. The molecule has 0 aliphatic rings. The lowest BCUT2D eigenvalue weighted by atomic mass is 10.0. The van der Waals surface area contributed by atoms with E-state index >= 15 is 0 Å². The summed E-state index contributed by atoms with van der Waals surface area (Å²) in [4.78, 5) is 45.3. The maximum absolute atomic E-state index is 11.8. The van der Waals surface area contributed by atoms with Gasteiger partial charge >= 0.3 is 17.9 Å². The second-order valence-electron chi connectivity index (χ2n) is 4.51. The highest BCUT2D eigenvalue weighted by Crippen LogP contribution is 2.13. The van der Waals surface area contributed by atoms with Crippen LogP contribution in [0.2, 0.25) is 0 Å². The summed E-state index contributed by atoms with van der Waals surface area (Å²) in [5.74, 6) is -4.12. The summed E-state index contributed by atoms with van der Waals surface area (Å²) >= 11 is 0. The third-order valence-corrected chi connectivity index (χ3v) is 2.94. The summed E-state index contributed by atoms with van der Waals surface area (Å²) in [6.45, 7) is 0. The molecule has 0 amide bonds. The first-order valence-corrected chi connectivity index (χ1v) is 6.62. The van der Waals surface area contributed by atoms with Crippen molar-refractivity contribution in [2.24, 2.45) is 0 Å². The average Bonchev–Trinajstić information content (AvgIpc) is 2.56. The topological polar surface area (TPSA) is 107 Å². The van der Waals surface area contributed by atoms with E-state index in [0.29, 0.717) is 12.0 Å². The van der Waals surface area contributed by atoms with Crippen molar-refractivity contribution in [2.45, 2.75) is 12.8 Å². The van der Waals surface area contributed by atoms with E-state index in [1.807, 2.05) is 0 Å². The molecule has 1 aromatic carbocycles. The maximum Gasteiger partial charge on any atom is 0.379 e. The van der Waals surface area contributed by atoms with Crippen LogP contribution in [0.5, 0.6) is 0 Å². The molecule has 0 fully saturated rings. The van der Waals surface area contributed by atoms with Crippen LogP contribution in [0, 0.1) is 0 Å². The van der Waals surface area contributed by atoms with E-state index < -0.39 is 29.3 Å². The van der Waals surface area contributed by atoms with Crippen LogP contribution in [0.15, 0.2) is 29.8 Å². The molecule has 0 radical (unpaired) electrons. The first kappa shape index (κ1) is 18.1. The van der Waals surface area contributed by atoms with Gasteiger partial charge in [0.05, 0.1) is 14.2 Å². The number of aliphatic carboxylic acids is 1. The van der Waals surface area contributed by atoms with Gasteiger partial charge in [0.25, 0.3) is 5.78 Å². The molecule has 122 valence electrons. The molecular weight excluding hydrogens is 304 g/mol. The Morgan fingerprint density at radius 1 is 1.00 bits per heavy atom. The first-order valence-electron chi connectivity index (χ1n) is 6.62. The van der Waals surface area contributed by atoms with Crippen LogP contribution in [0.25, 0.3) is 6.08 Å². The Balaban J connectivity index is 3.02. The van der Waals surface area contributed by atoms with E-state index in [9.17, 15) is 19.2 Å². The number of ketones is 1. The van der Waals surface area contributed by atoms with E-state index in [0.717, 1.165) is 19.8 Å². The smallest absolute Gasteiger partial charge is 0.379 e. The highest BCUT2D eigenvalue weighted by atomic mass is 16.5. The van der Waals surface area contributed by atoms with Gasteiger partial charge in [-0.3, -0.25) is 9.59 Å². The van der Waals surface area contributed by atoms with E-state index in [1.165, 1.54) is 6.08 Å². The van der Waals surface area contributed by atoms with Crippen molar-refractivity contribution < 1.29 is 33.8 Å². The number of hydrogen-bond acceptors (Lipinski definition) is 6. The van der Waals surface area contributed by atoms with Crippen molar-refractivity contribution in [3.63, 3.8) is 0 Å². The number of carboxylic acid groups (broad SMARTS) is 1. The van der Waals surface area contributed by atoms with Crippen molar-refractivity contribution in [1.29, 1.82) is 0 Å². The second kappa shape index (κ2) is 8.47. The lowest BCUT2D eigenvalue weighted by molar-refractivity contribution is -0.151. The minimum absolute atomic E-state index is 0.00340. The molecule has 0 bridgehead atoms. The zero-order chi connectivity index (χ0) is 17.4. The first-order chi connectivity index (χ1) is 10.9. The zero-order valence-electron chi connectivity index (χ0n) is 12.7. The van der Waals surface area contributed by atoms with Crippen molar-refractivity contribution in [3.05, 3.63) is 41.0 Å². The van der Waals surface area contributed by atoms with E-state index in [-0.39, 0.29) is 6.42 Å². The maximum atomic E-state index is 11.8. The Morgan fingerprint density at radius 3 is 2.04 bits per heavy atom. The molecule has 1 rings (SSSR count). The van der Waals surface area contributed by atoms with Gasteiger partial charge in [-0.25, -0.2) is 9.59 Å². The normalized spacial score (nSPS) is 10.8. The van der Waals surface area contributed by atoms with Gasteiger partial charge in [-0.2, -0.15) is 0 Å². The lowest BCUT2D eigenvalue weighted by Gasteiger charge is -2.04. The van der Waals surface area contributed by atoms with Gasteiger partial charge in [-0.1, -0.05) is 24.3 Å². The number of esters is 2. The molecular formula is C16H16O7. The predicted molar refractivity (Wildman–Crippen MR) is 79.4 cm³/mol. The number of hydrogen-bond donors (Lipinski definition) is 1. The lowest BCUT2D eigenvalue weighted by Crippen LogP contribution is -2.23. The Morgan fingerprint density at radius 2 is 1.57 bits per heavy atom. The van der Waals surface area contributed by atoms with Gasteiger partial charge in [-0.15, -0.1) is 0 Å². The summed E-state index contributed by atoms with van der Waals surface area (Å²) in [6, 6.07) is 6.55. The molecule has 0 aliphatic carbocycles. The Labute approximate surface area is 132 Å². The summed E-state index contributed by atoms with van der Waals surface area (Å²) < 4.78 is 8.79. The van der Waals surface area contributed by atoms with Crippen molar-refractivity contribution in [1.82, 2.24) is 0 Å². The van der Waals surface area contributed by atoms with Crippen LogP contribution in [-0.2, 0) is 35.1 Å². The molecule has 0 saturated carbocycles. The summed E-state index contributed by atoms with van der Waals surface area (Å²) in [6.07, 6.45) is 1.58. The number of methoxy groups -OCH3 is 2. The highest BCUT2D eigenvalue weighted by Gasteiger charge is 2.26. The predicted octanol–water partition coefficient (Wildman–Crippen LogP) is 1.00. The molecule has 0 aliphatic heterocycles. The largest absolute Gasteiger partial charge is 0.481 e. The zero-order valence-corrected chi connectivity index (χ0v) is 12.7. The van der Waals surface area contributed by atoms with Crippen molar-refractivity contribution >= 4 is 29.8 Å². The number of carbonyl (C=O) groups excluding carboxylic acids is 3. The standard InChI is InChI=1S/C16H16O7/c1-22-15(20)12(14(19)16(21)23-2)9-11-5-3-10(4-6-11)7-8-13(17)18/h3-6,9H,7-8H2,1-2H3,(H,17,18). The van der Waals surface area contributed by atoms with Crippen LogP contribution in [0.4, 0.5) is 0 Å². The van der Waals surface area contributed by atoms with Crippen molar-refractivity contribution in [3.8, 4) is 0 Å². The monoisotopic (exact) mass is 320 g/mol. The number of rotatable bonds is 7. The van der Waals surface area contributed by atoms with Gasteiger partial charge in [0.15, 0.2) is 0 Å². The Hall–Kier alpha value is -2.96. The van der Waals surface area contributed by atoms with Gasteiger partial charge in [-0.05, 0) is 23.6 Å². The minimum Gasteiger partial charge on any atom is -0.481 e. The summed E-state index contributed by atoms with van der Waals surface area (Å²) in [7, 11) is 2.13. The molecule has 1 N–H and O–H groups in total. The number of carbonyl (C=O) groups is 4. The number of aryl methyl sites for hydroxylation is 1. The number of Topliss-reactive ketones (excluding diaryl/α,β-unsaturated/α-hetero) is 1. The van der Waals surface area contributed by atoms with Crippen LogP contribution in [0.1, 0.15) is 17.5 Å². The third kappa shape index (κ3) is 5.39. The summed E-state index contributed by atoms with van der Waals surface area (Å²) in [5, 5.41) is 8.63. The SMILES string of the molecule is COC(=O)C(=O)C(=Cc1ccc(CCC(=O)O)cc1)C(=O)OC. The minimum atomic E-state index is -1.17. The second-order valence-corrected chi connectivity index (χ2v) is 4.51.